The number of carbonyl (C=O) groups excluding carboxylic acids is 1. The number of hydrogen-bond acceptors (Lipinski definition) is 3. The Morgan fingerprint density at radius 1 is 1.44 bits per heavy atom. The van der Waals surface area contributed by atoms with Crippen LogP contribution in [0.15, 0.2) is 18.3 Å². The molecule has 0 radical (unpaired) electrons. The van der Waals surface area contributed by atoms with Crippen molar-refractivity contribution in [2.45, 2.75) is 19.3 Å². The highest BCUT2D eigenvalue weighted by molar-refractivity contribution is 5.94. The molecule has 0 saturated heterocycles. The molecule has 1 N–H and O–H groups in total. The van der Waals surface area contributed by atoms with Crippen LogP contribution in [-0.2, 0) is 0 Å². The van der Waals surface area contributed by atoms with E-state index < -0.39 is 5.97 Å². The molecule has 0 aromatic carbocycles. The number of carboxylic acid groups (broad SMARTS) is 1. The third-order valence-corrected chi connectivity index (χ3v) is 3.15. The maximum atomic E-state index is 12.0. The standard InChI is InChI=1S/C13H16N2O3/c1-15(7-6-9-2-3-9)12(16)10-4-5-11(13(17)18)14-8-10/h4-5,8-9H,2-3,6-7H2,1H3,(H,17,18). The number of hydrogen-bond donors (Lipinski definition) is 1. The van der Waals surface area contributed by atoms with Crippen LogP contribution in [0.4, 0.5) is 0 Å². The van der Waals surface area contributed by atoms with Crippen molar-refractivity contribution in [2.75, 3.05) is 13.6 Å². The number of rotatable bonds is 5. The van der Waals surface area contributed by atoms with Gasteiger partial charge in [0.2, 0.25) is 0 Å². The van der Waals surface area contributed by atoms with E-state index in [4.69, 9.17) is 5.11 Å². The molecule has 2 rings (SSSR count). The van der Waals surface area contributed by atoms with Crippen molar-refractivity contribution in [3.8, 4) is 0 Å². The third kappa shape index (κ3) is 3.06. The minimum absolute atomic E-state index is 0.0489. The molecule has 96 valence electrons. The van der Waals surface area contributed by atoms with E-state index in [-0.39, 0.29) is 11.6 Å². The Labute approximate surface area is 105 Å². The van der Waals surface area contributed by atoms with E-state index in [2.05, 4.69) is 4.98 Å². The summed E-state index contributed by atoms with van der Waals surface area (Å²) in [4.78, 5) is 28.0. The van der Waals surface area contributed by atoms with Crippen molar-refractivity contribution < 1.29 is 14.7 Å². The first kappa shape index (κ1) is 12.5. The lowest BCUT2D eigenvalue weighted by Gasteiger charge is -2.16. The first-order chi connectivity index (χ1) is 8.58. The van der Waals surface area contributed by atoms with Gasteiger partial charge in [-0.15, -0.1) is 0 Å². The maximum Gasteiger partial charge on any atom is 0.354 e. The van der Waals surface area contributed by atoms with Crippen LogP contribution in [-0.4, -0.2) is 40.5 Å². The summed E-state index contributed by atoms with van der Waals surface area (Å²) in [6, 6.07) is 2.86. The summed E-state index contributed by atoms with van der Waals surface area (Å²) in [5, 5.41) is 8.72. The molecule has 18 heavy (non-hydrogen) atoms. The minimum atomic E-state index is -1.09. The first-order valence-electron chi connectivity index (χ1n) is 6.02. The average Bonchev–Trinajstić information content (AvgIpc) is 3.19. The number of pyridine rings is 1. The van der Waals surface area contributed by atoms with E-state index in [1.165, 1.54) is 31.2 Å². The molecule has 1 aliphatic carbocycles. The zero-order chi connectivity index (χ0) is 13.1. The van der Waals surface area contributed by atoms with Gasteiger partial charge in [-0.3, -0.25) is 4.79 Å². The molecule has 0 bridgehead atoms. The fourth-order valence-corrected chi connectivity index (χ4v) is 1.75. The van der Waals surface area contributed by atoms with Gasteiger partial charge in [0, 0.05) is 19.8 Å². The summed E-state index contributed by atoms with van der Waals surface area (Å²) in [5.74, 6) is -0.413. The number of amides is 1. The maximum absolute atomic E-state index is 12.0. The van der Waals surface area contributed by atoms with Crippen molar-refractivity contribution in [1.82, 2.24) is 9.88 Å². The van der Waals surface area contributed by atoms with Gasteiger partial charge in [-0.2, -0.15) is 0 Å². The fraction of sp³-hybridized carbons (Fsp3) is 0.462. The summed E-state index contributed by atoms with van der Waals surface area (Å²) in [7, 11) is 1.76. The topological polar surface area (TPSA) is 70.5 Å². The van der Waals surface area contributed by atoms with Gasteiger partial charge in [-0.1, -0.05) is 12.8 Å². The second-order valence-electron chi connectivity index (χ2n) is 4.70. The molecule has 5 heteroatoms. The molecule has 5 nitrogen and oxygen atoms in total. The number of nitrogens with zero attached hydrogens (tertiary/aromatic N) is 2. The van der Waals surface area contributed by atoms with Crippen molar-refractivity contribution in [1.29, 1.82) is 0 Å². The number of carboxylic acids is 1. The predicted molar refractivity (Wildman–Crippen MR) is 65.5 cm³/mol. The molecule has 1 fully saturated rings. The monoisotopic (exact) mass is 248 g/mol. The molecule has 1 aliphatic rings. The third-order valence-electron chi connectivity index (χ3n) is 3.15. The lowest BCUT2D eigenvalue weighted by molar-refractivity contribution is 0.0688. The first-order valence-corrected chi connectivity index (χ1v) is 6.02. The second-order valence-corrected chi connectivity index (χ2v) is 4.70. The van der Waals surface area contributed by atoms with E-state index in [9.17, 15) is 9.59 Å². The van der Waals surface area contributed by atoms with Gasteiger partial charge < -0.3 is 10.0 Å². The van der Waals surface area contributed by atoms with E-state index in [0.29, 0.717) is 5.56 Å². The van der Waals surface area contributed by atoms with Gasteiger partial charge in [0.15, 0.2) is 0 Å². The molecule has 0 atom stereocenters. The largest absolute Gasteiger partial charge is 0.477 e. The van der Waals surface area contributed by atoms with E-state index in [1.807, 2.05) is 0 Å². The molecule has 0 spiro atoms. The van der Waals surface area contributed by atoms with Gasteiger partial charge in [-0.25, -0.2) is 9.78 Å². The molecular formula is C13H16N2O3. The van der Waals surface area contributed by atoms with Crippen LogP contribution in [0.25, 0.3) is 0 Å². The molecule has 1 aromatic heterocycles. The smallest absolute Gasteiger partial charge is 0.354 e. The lowest BCUT2D eigenvalue weighted by atomic mass is 10.2. The molecule has 0 unspecified atom stereocenters. The number of carbonyl (C=O) groups is 2. The summed E-state index contributed by atoms with van der Waals surface area (Å²) < 4.78 is 0. The Balaban J connectivity index is 1.96. The average molecular weight is 248 g/mol. The van der Waals surface area contributed by atoms with Crippen molar-refractivity contribution in [3.63, 3.8) is 0 Å². The van der Waals surface area contributed by atoms with Gasteiger partial charge >= 0.3 is 5.97 Å². The minimum Gasteiger partial charge on any atom is -0.477 e. The predicted octanol–water partition coefficient (Wildman–Crippen LogP) is 1.65. The van der Waals surface area contributed by atoms with Crippen LogP contribution >= 0.6 is 0 Å². The molecule has 1 aromatic rings. The fourth-order valence-electron chi connectivity index (χ4n) is 1.75. The van der Waals surface area contributed by atoms with Gasteiger partial charge in [0.1, 0.15) is 5.69 Å². The van der Waals surface area contributed by atoms with E-state index in [1.54, 1.807) is 11.9 Å². The Morgan fingerprint density at radius 2 is 2.17 bits per heavy atom. The Bertz CT molecular complexity index is 452. The highest BCUT2D eigenvalue weighted by atomic mass is 16.4. The summed E-state index contributed by atoms with van der Waals surface area (Å²) in [6.07, 6.45) is 4.91. The molecule has 1 heterocycles. The summed E-state index contributed by atoms with van der Waals surface area (Å²) in [6.45, 7) is 0.740. The van der Waals surface area contributed by atoms with Crippen LogP contribution in [0.3, 0.4) is 0 Å². The molecule has 1 saturated carbocycles. The van der Waals surface area contributed by atoms with E-state index >= 15 is 0 Å². The SMILES string of the molecule is CN(CCC1CC1)C(=O)c1ccc(C(=O)O)nc1. The Kier molecular flexibility index (Phi) is 3.60. The highest BCUT2D eigenvalue weighted by Crippen LogP contribution is 2.32. The van der Waals surface area contributed by atoms with Crippen LogP contribution in [0, 0.1) is 5.92 Å². The van der Waals surface area contributed by atoms with Crippen molar-refractivity contribution >= 4 is 11.9 Å². The summed E-state index contributed by atoms with van der Waals surface area (Å²) >= 11 is 0. The Morgan fingerprint density at radius 3 is 2.67 bits per heavy atom. The van der Waals surface area contributed by atoms with Gasteiger partial charge in [0.05, 0.1) is 5.56 Å². The van der Waals surface area contributed by atoms with Crippen molar-refractivity contribution in [2.24, 2.45) is 5.92 Å². The molecule has 0 aliphatic heterocycles. The zero-order valence-electron chi connectivity index (χ0n) is 10.3. The molecular weight excluding hydrogens is 232 g/mol. The highest BCUT2D eigenvalue weighted by Gasteiger charge is 2.22. The Hall–Kier alpha value is -1.91. The second kappa shape index (κ2) is 5.16. The van der Waals surface area contributed by atoms with Crippen molar-refractivity contribution in [3.05, 3.63) is 29.6 Å². The quantitative estimate of drug-likeness (QED) is 0.860. The lowest BCUT2D eigenvalue weighted by Crippen LogP contribution is -2.28. The zero-order valence-corrected chi connectivity index (χ0v) is 10.3. The summed E-state index contributed by atoms with van der Waals surface area (Å²) in [5.41, 5.74) is 0.380. The number of aromatic nitrogens is 1. The van der Waals surface area contributed by atoms with Crippen LogP contribution < -0.4 is 0 Å². The van der Waals surface area contributed by atoms with Crippen LogP contribution in [0.2, 0.25) is 0 Å². The van der Waals surface area contributed by atoms with Crippen LogP contribution in [0.5, 0.6) is 0 Å². The van der Waals surface area contributed by atoms with Crippen LogP contribution in [0.1, 0.15) is 40.1 Å². The van der Waals surface area contributed by atoms with Gasteiger partial charge in [-0.05, 0) is 24.5 Å². The normalized spacial score (nSPS) is 14.3. The number of aromatic carboxylic acids is 1. The van der Waals surface area contributed by atoms with Gasteiger partial charge in [0.25, 0.3) is 5.91 Å². The molecule has 1 amide bonds. The van der Waals surface area contributed by atoms with E-state index in [0.717, 1.165) is 18.9 Å².